The van der Waals surface area contributed by atoms with Crippen LogP contribution in [0.2, 0.25) is 10.0 Å². The smallest absolute Gasteiger partial charge is 0.258 e. The molecular formula is C22H25Cl2N3O3. The van der Waals surface area contributed by atoms with Gasteiger partial charge in [0.15, 0.2) is 6.61 Å². The molecular weight excluding hydrogens is 425 g/mol. The second-order valence-electron chi connectivity index (χ2n) is 7.53. The molecule has 3 rings (SSSR count). The Bertz CT molecular complexity index is 882. The first-order valence-corrected chi connectivity index (χ1v) is 10.7. The number of hydrogen-bond donors (Lipinski definition) is 2. The van der Waals surface area contributed by atoms with Crippen LogP contribution in [0.25, 0.3) is 0 Å². The van der Waals surface area contributed by atoms with E-state index in [-0.39, 0.29) is 30.4 Å². The van der Waals surface area contributed by atoms with Crippen molar-refractivity contribution in [2.24, 2.45) is 5.92 Å². The number of hydrogen-bond acceptors (Lipinski definition) is 4. The lowest BCUT2D eigenvalue weighted by Crippen LogP contribution is -2.42. The predicted molar refractivity (Wildman–Crippen MR) is 117 cm³/mol. The third-order valence-corrected chi connectivity index (χ3v) is 5.88. The summed E-state index contributed by atoms with van der Waals surface area (Å²) in [4.78, 5) is 28.9. The maximum atomic E-state index is 12.4. The number of rotatable bonds is 7. The standard InChI is InChI=1S/C22H25Cl2N3O3/c1-14-2-5-17(25-11-14)12-26-22(29)15-3-6-16(7-4-15)27-21(28)13-30-18-8-9-19(23)20(24)10-18/h2,5,8-11,15-16H,3-4,6-7,12-13H2,1H3,(H,26,29)(H,27,28). The number of nitrogens with one attached hydrogen (secondary N) is 2. The normalized spacial score (nSPS) is 18.5. The first kappa shape index (κ1) is 22.4. The molecule has 1 heterocycles. The molecule has 0 aliphatic heterocycles. The third kappa shape index (κ3) is 6.61. The van der Waals surface area contributed by atoms with Gasteiger partial charge < -0.3 is 15.4 Å². The summed E-state index contributed by atoms with van der Waals surface area (Å²) in [5, 5.41) is 6.75. The van der Waals surface area contributed by atoms with Crippen LogP contribution in [-0.4, -0.2) is 29.4 Å². The largest absolute Gasteiger partial charge is 0.484 e. The van der Waals surface area contributed by atoms with Gasteiger partial charge in [0.1, 0.15) is 5.75 Å². The van der Waals surface area contributed by atoms with E-state index in [9.17, 15) is 9.59 Å². The van der Waals surface area contributed by atoms with Crippen LogP contribution in [0, 0.1) is 12.8 Å². The predicted octanol–water partition coefficient (Wildman–Crippen LogP) is 4.07. The molecule has 0 atom stereocenters. The lowest BCUT2D eigenvalue weighted by Gasteiger charge is -2.28. The van der Waals surface area contributed by atoms with Crippen molar-refractivity contribution in [3.8, 4) is 5.75 Å². The van der Waals surface area contributed by atoms with Gasteiger partial charge in [-0.2, -0.15) is 0 Å². The Morgan fingerprint density at radius 1 is 1.10 bits per heavy atom. The molecule has 30 heavy (non-hydrogen) atoms. The van der Waals surface area contributed by atoms with Crippen molar-refractivity contribution in [2.75, 3.05) is 6.61 Å². The topological polar surface area (TPSA) is 80.3 Å². The zero-order valence-corrected chi connectivity index (χ0v) is 18.3. The summed E-state index contributed by atoms with van der Waals surface area (Å²) in [5.41, 5.74) is 1.93. The minimum Gasteiger partial charge on any atom is -0.484 e. The zero-order chi connectivity index (χ0) is 21.5. The molecule has 0 saturated heterocycles. The van der Waals surface area contributed by atoms with Crippen molar-refractivity contribution in [3.63, 3.8) is 0 Å². The van der Waals surface area contributed by atoms with Crippen molar-refractivity contribution in [1.82, 2.24) is 15.6 Å². The van der Waals surface area contributed by atoms with Crippen LogP contribution >= 0.6 is 23.2 Å². The minimum atomic E-state index is -0.195. The second kappa shape index (κ2) is 10.6. The maximum Gasteiger partial charge on any atom is 0.258 e. The Morgan fingerprint density at radius 2 is 1.87 bits per heavy atom. The number of halogens is 2. The summed E-state index contributed by atoms with van der Waals surface area (Å²) < 4.78 is 5.46. The molecule has 0 unspecified atom stereocenters. The Hall–Kier alpha value is -2.31. The number of pyridine rings is 1. The summed E-state index contributed by atoms with van der Waals surface area (Å²) in [7, 11) is 0. The van der Waals surface area contributed by atoms with Crippen LogP contribution in [0.15, 0.2) is 36.5 Å². The molecule has 2 amide bonds. The van der Waals surface area contributed by atoms with E-state index in [0.29, 0.717) is 22.3 Å². The Labute approximate surface area is 186 Å². The Kier molecular flexibility index (Phi) is 7.94. The van der Waals surface area contributed by atoms with Crippen molar-refractivity contribution in [3.05, 3.63) is 57.8 Å². The zero-order valence-electron chi connectivity index (χ0n) is 16.8. The second-order valence-corrected chi connectivity index (χ2v) is 8.34. The molecule has 2 N–H and O–H groups in total. The van der Waals surface area contributed by atoms with Crippen LogP contribution in [-0.2, 0) is 16.1 Å². The molecule has 0 bridgehead atoms. The van der Waals surface area contributed by atoms with E-state index < -0.39 is 0 Å². The van der Waals surface area contributed by atoms with Gasteiger partial charge in [-0.15, -0.1) is 0 Å². The average molecular weight is 450 g/mol. The number of carbonyl (C=O) groups is 2. The highest BCUT2D eigenvalue weighted by Gasteiger charge is 2.27. The summed E-state index contributed by atoms with van der Waals surface area (Å²) in [6.45, 7) is 2.32. The monoisotopic (exact) mass is 449 g/mol. The lowest BCUT2D eigenvalue weighted by atomic mass is 9.85. The highest BCUT2D eigenvalue weighted by molar-refractivity contribution is 6.42. The van der Waals surface area contributed by atoms with Crippen molar-refractivity contribution >= 4 is 35.0 Å². The van der Waals surface area contributed by atoms with E-state index >= 15 is 0 Å². The van der Waals surface area contributed by atoms with Crippen LogP contribution in [0.5, 0.6) is 5.75 Å². The molecule has 8 heteroatoms. The van der Waals surface area contributed by atoms with Gasteiger partial charge in [-0.05, 0) is 56.4 Å². The van der Waals surface area contributed by atoms with E-state index in [1.54, 1.807) is 24.4 Å². The van der Waals surface area contributed by atoms with Crippen molar-refractivity contribution in [2.45, 2.75) is 45.2 Å². The van der Waals surface area contributed by atoms with Crippen molar-refractivity contribution < 1.29 is 14.3 Å². The summed E-state index contributed by atoms with van der Waals surface area (Å²) in [6.07, 6.45) is 4.80. The molecule has 1 fully saturated rings. The van der Waals surface area contributed by atoms with Gasteiger partial charge in [0.2, 0.25) is 5.91 Å². The summed E-state index contributed by atoms with van der Waals surface area (Å²) >= 11 is 11.8. The lowest BCUT2D eigenvalue weighted by molar-refractivity contribution is -0.126. The quantitative estimate of drug-likeness (QED) is 0.667. The van der Waals surface area contributed by atoms with Gasteiger partial charge in [-0.3, -0.25) is 14.6 Å². The van der Waals surface area contributed by atoms with E-state index in [4.69, 9.17) is 27.9 Å². The minimum absolute atomic E-state index is 0.0314. The van der Waals surface area contributed by atoms with Gasteiger partial charge in [-0.25, -0.2) is 0 Å². The van der Waals surface area contributed by atoms with Gasteiger partial charge in [0.25, 0.3) is 5.91 Å². The fourth-order valence-corrected chi connectivity index (χ4v) is 3.70. The van der Waals surface area contributed by atoms with Crippen LogP contribution in [0.1, 0.15) is 36.9 Å². The van der Waals surface area contributed by atoms with Crippen LogP contribution in [0.3, 0.4) is 0 Å². The van der Waals surface area contributed by atoms with E-state index in [0.717, 1.165) is 36.9 Å². The summed E-state index contributed by atoms with van der Waals surface area (Å²) in [6, 6.07) is 8.82. The Morgan fingerprint density at radius 3 is 2.53 bits per heavy atom. The molecule has 1 saturated carbocycles. The van der Waals surface area contributed by atoms with Gasteiger partial charge in [-0.1, -0.05) is 29.3 Å². The SMILES string of the molecule is Cc1ccc(CNC(=O)C2CCC(NC(=O)COc3ccc(Cl)c(Cl)c3)CC2)nc1. The number of nitrogens with zero attached hydrogens (tertiary/aromatic N) is 1. The first-order chi connectivity index (χ1) is 14.4. The average Bonchev–Trinajstić information content (AvgIpc) is 2.74. The Balaban J connectivity index is 1.36. The molecule has 6 nitrogen and oxygen atoms in total. The third-order valence-electron chi connectivity index (χ3n) is 5.14. The van der Waals surface area contributed by atoms with E-state index in [1.165, 1.54) is 0 Å². The molecule has 1 aliphatic rings. The highest BCUT2D eigenvalue weighted by Crippen LogP contribution is 2.27. The molecule has 1 aromatic carbocycles. The number of aromatic nitrogens is 1. The number of carbonyl (C=O) groups excluding carboxylic acids is 2. The van der Waals surface area contributed by atoms with Crippen molar-refractivity contribution in [1.29, 1.82) is 0 Å². The van der Waals surface area contributed by atoms with Gasteiger partial charge in [0.05, 0.1) is 22.3 Å². The molecule has 160 valence electrons. The number of ether oxygens (including phenoxy) is 1. The fraction of sp³-hybridized carbons (Fsp3) is 0.409. The van der Waals surface area contributed by atoms with E-state index in [2.05, 4.69) is 15.6 Å². The first-order valence-electron chi connectivity index (χ1n) is 9.97. The molecule has 1 aliphatic carbocycles. The highest BCUT2D eigenvalue weighted by atomic mass is 35.5. The molecule has 1 aromatic heterocycles. The molecule has 0 radical (unpaired) electrons. The van der Waals surface area contributed by atoms with Crippen LogP contribution < -0.4 is 15.4 Å². The summed E-state index contributed by atoms with van der Waals surface area (Å²) in [5.74, 6) is 0.309. The maximum absolute atomic E-state index is 12.4. The molecule has 2 aromatic rings. The van der Waals surface area contributed by atoms with Gasteiger partial charge in [0, 0.05) is 24.2 Å². The van der Waals surface area contributed by atoms with Gasteiger partial charge >= 0.3 is 0 Å². The number of benzene rings is 1. The molecule has 0 spiro atoms. The van der Waals surface area contributed by atoms with Crippen LogP contribution in [0.4, 0.5) is 0 Å². The number of aryl methyl sites for hydroxylation is 1. The number of amides is 2. The van der Waals surface area contributed by atoms with E-state index in [1.807, 2.05) is 19.1 Å². The fourth-order valence-electron chi connectivity index (χ4n) is 3.41.